The molecule has 0 spiro atoms. The first kappa shape index (κ1) is 8.34. The maximum absolute atomic E-state index is 10.7. The predicted molar refractivity (Wildman–Crippen MR) is 50.2 cm³/mol. The topological polar surface area (TPSA) is 17.1 Å². The molecule has 0 aromatic heterocycles. The van der Waals surface area contributed by atoms with Gasteiger partial charge in [0.25, 0.3) is 0 Å². The molecule has 0 amide bonds. The van der Waals surface area contributed by atoms with Crippen molar-refractivity contribution in [3.8, 4) is 0 Å². The molecule has 0 aliphatic rings. The molecule has 11 heavy (non-hydrogen) atoms. The smallest absolute Gasteiger partial charge is 0.0310 e. The van der Waals surface area contributed by atoms with E-state index in [0.29, 0.717) is 0 Å². The minimum absolute atomic E-state index is 0.791. The molecule has 0 saturated heterocycles. The van der Waals surface area contributed by atoms with Crippen molar-refractivity contribution >= 4 is 15.8 Å². The lowest BCUT2D eigenvalue weighted by Crippen LogP contribution is -1.86. The summed E-state index contributed by atoms with van der Waals surface area (Å²) in [5.41, 5.74) is 1.21. The Bertz CT molecular complexity index is 284. The van der Waals surface area contributed by atoms with Gasteiger partial charge in [-0.15, -0.1) is 6.26 Å². The summed E-state index contributed by atoms with van der Waals surface area (Å²) in [6.07, 6.45) is 2.48. The van der Waals surface area contributed by atoms with E-state index >= 15 is 0 Å². The third-order valence-electron chi connectivity index (χ3n) is 1.40. The highest BCUT2D eigenvalue weighted by molar-refractivity contribution is 7.82. The van der Waals surface area contributed by atoms with Gasteiger partial charge in [0.05, 0.1) is 0 Å². The zero-order valence-corrected chi connectivity index (χ0v) is 7.30. The second-order valence-corrected chi connectivity index (χ2v) is 3.69. The van der Waals surface area contributed by atoms with Crippen molar-refractivity contribution < 1.29 is 4.21 Å². The molecular formula is C9H11OS-. The van der Waals surface area contributed by atoms with Gasteiger partial charge in [0.15, 0.2) is 0 Å². The van der Waals surface area contributed by atoms with Gasteiger partial charge in [-0.1, -0.05) is 30.3 Å². The molecule has 0 N–H and O–H groups in total. The zero-order chi connectivity index (χ0) is 8.10. The first-order valence-corrected chi connectivity index (χ1v) is 5.10. The molecule has 0 atom stereocenters. The summed E-state index contributed by atoms with van der Waals surface area (Å²) in [6, 6.07) is 10.0. The highest BCUT2D eigenvalue weighted by Gasteiger charge is 1.81. The SMILES string of the molecule is C[S-](=O)=CCc1ccccc1. The Balaban J connectivity index is 2.66. The van der Waals surface area contributed by atoms with Gasteiger partial charge >= 0.3 is 0 Å². The fourth-order valence-corrected chi connectivity index (χ4v) is 1.25. The average molecular weight is 167 g/mol. The van der Waals surface area contributed by atoms with Gasteiger partial charge in [-0.05, 0) is 12.0 Å². The van der Waals surface area contributed by atoms with Crippen LogP contribution in [0.25, 0.3) is 0 Å². The fourth-order valence-electron chi connectivity index (χ4n) is 0.828. The van der Waals surface area contributed by atoms with E-state index in [1.165, 1.54) is 5.56 Å². The van der Waals surface area contributed by atoms with Crippen LogP contribution in [0.5, 0.6) is 0 Å². The second-order valence-electron chi connectivity index (χ2n) is 2.35. The standard InChI is InChI=1S/C9H11OS/c1-11(10)8-7-9-5-3-2-4-6-9/h2-6,8H,7H2,1H3/q-1. The number of hydrogen-bond acceptors (Lipinski definition) is 2. The van der Waals surface area contributed by atoms with E-state index in [-0.39, 0.29) is 0 Å². The summed E-state index contributed by atoms with van der Waals surface area (Å²) in [6.45, 7) is 0. The van der Waals surface area contributed by atoms with Crippen molar-refractivity contribution in [3.05, 3.63) is 35.9 Å². The second kappa shape index (κ2) is 4.19. The number of hydrogen-bond donors (Lipinski definition) is 0. The molecule has 0 saturated carbocycles. The molecule has 0 aliphatic carbocycles. The summed E-state index contributed by atoms with van der Waals surface area (Å²) in [7, 11) is -0.791. The molecule has 60 valence electrons. The van der Waals surface area contributed by atoms with Gasteiger partial charge in [-0.25, -0.2) is 0 Å². The summed E-state index contributed by atoms with van der Waals surface area (Å²) in [5.74, 6) is 0. The van der Waals surface area contributed by atoms with Crippen molar-refractivity contribution in [1.82, 2.24) is 0 Å². The molecule has 2 heteroatoms. The fraction of sp³-hybridized carbons (Fsp3) is 0.222. The molecule has 0 aliphatic heterocycles. The highest BCUT2D eigenvalue weighted by Crippen LogP contribution is 1.96. The molecule has 1 rings (SSSR count). The quantitative estimate of drug-likeness (QED) is 0.483. The average Bonchev–Trinajstić information content (AvgIpc) is 2.03. The van der Waals surface area contributed by atoms with Crippen LogP contribution in [0.2, 0.25) is 0 Å². The van der Waals surface area contributed by atoms with E-state index < -0.39 is 10.4 Å². The maximum atomic E-state index is 10.7. The normalized spacial score (nSPS) is 13.2. The van der Waals surface area contributed by atoms with Crippen LogP contribution in [0.4, 0.5) is 0 Å². The molecule has 0 fully saturated rings. The molecule has 1 aromatic carbocycles. The first-order valence-electron chi connectivity index (χ1n) is 3.48. The highest BCUT2D eigenvalue weighted by atomic mass is 32.2. The van der Waals surface area contributed by atoms with Crippen molar-refractivity contribution in [3.63, 3.8) is 0 Å². The monoisotopic (exact) mass is 167 g/mol. The van der Waals surface area contributed by atoms with Gasteiger partial charge in [-0.3, -0.25) is 10.4 Å². The van der Waals surface area contributed by atoms with Gasteiger partial charge in [0, 0.05) is 0 Å². The number of rotatable bonds is 2. The predicted octanol–water partition coefficient (Wildman–Crippen LogP) is 1.62. The van der Waals surface area contributed by atoms with Gasteiger partial charge < -0.3 is 4.21 Å². The summed E-state index contributed by atoms with van der Waals surface area (Å²) in [5, 5.41) is 1.80. The Morgan fingerprint density at radius 3 is 2.55 bits per heavy atom. The van der Waals surface area contributed by atoms with Crippen molar-refractivity contribution in [1.29, 1.82) is 0 Å². The third-order valence-corrected chi connectivity index (χ3v) is 2.03. The molecule has 0 unspecified atom stereocenters. The minimum Gasteiger partial charge on any atom is -0.462 e. The molecule has 0 bridgehead atoms. The molecule has 1 aromatic rings. The van der Waals surface area contributed by atoms with Crippen molar-refractivity contribution in [2.24, 2.45) is 0 Å². The van der Waals surface area contributed by atoms with Gasteiger partial charge in [-0.2, -0.15) is 5.37 Å². The van der Waals surface area contributed by atoms with Gasteiger partial charge in [0.1, 0.15) is 0 Å². The van der Waals surface area contributed by atoms with E-state index in [4.69, 9.17) is 0 Å². The van der Waals surface area contributed by atoms with Crippen LogP contribution < -0.4 is 0 Å². The Morgan fingerprint density at radius 2 is 2.00 bits per heavy atom. The van der Waals surface area contributed by atoms with Crippen LogP contribution in [-0.2, 0) is 21.0 Å². The lowest BCUT2D eigenvalue weighted by atomic mass is 10.2. The summed E-state index contributed by atoms with van der Waals surface area (Å²) in [4.78, 5) is 0. The van der Waals surface area contributed by atoms with E-state index in [0.717, 1.165) is 6.42 Å². The molecular weight excluding hydrogens is 156 g/mol. The maximum Gasteiger partial charge on any atom is -0.0310 e. The van der Waals surface area contributed by atoms with Crippen LogP contribution >= 0.6 is 0 Å². The number of benzene rings is 1. The summed E-state index contributed by atoms with van der Waals surface area (Å²) < 4.78 is 10.7. The Labute approximate surface area is 69.1 Å². The van der Waals surface area contributed by atoms with E-state index in [1.807, 2.05) is 30.3 Å². The molecule has 0 radical (unpaired) electrons. The van der Waals surface area contributed by atoms with Crippen LogP contribution in [0.3, 0.4) is 0 Å². The molecule has 0 heterocycles. The Hall–Kier alpha value is -0.760. The van der Waals surface area contributed by atoms with E-state index in [2.05, 4.69) is 0 Å². The van der Waals surface area contributed by atoms with E-state index in [1.54, 1.807) is 11.6 Å². The zero-order valence-electron chi connectivity index (χ0n) is 6.49. The largest absolute Gasteiger partial charge is 0.462 e. The van der Waals surface area contributed by atoms with Crippen molar-refractivity contribution in [2.75, 3.05) is 6.26 Å². The third kappa shape index (κ3) is 3.23. The Morgan fingerprint density at radius 1 is 1.36 bits per heavy atom. The summed E-state index contributed by atoms with van der Waals surface area (Å²) >= 11 is 0. The van der Waals surface area contributed by atoms with Crippen LogP contribution in [0.1, 0.15) is 5.56 Å². The lowest BCUT2D eigenvalue weighted by Gasteiger charge is -1.96. The van der Waals surface area contributed by atoms with E-state index in [9.17, 15) is 4.21 Å². The van der Waals surface area contributed by atoms with Gasteiger partial charge in [0.2, 0.25) is 0 Å². The molecule has 1 nitrogen and oxygen atoms in total. The first-order chi connectivity index (χ1) is 5.29. The lowest BCUT2D eigenvalue weighted by molar-refractivity contribution is 0.605. The Kier molecular flexibility index (Phi) is 3.17. The van der Waals surface area contributed by atoms with Crippen LogP contribution in [0.15, 0.2) is 30.3 Å². The van der Waals surface area contributed by atoms with Crippen molar-refractivity contribution in [2.45, 2.75) is 6.42 Å². The minimum atomic E-state index is -0.791. The van der Waals surface area contributed by atoms with Crippen LogP contribution in [-0.4, -0.2) is 11.6 Å². The van der Waals surface area contributed by atoms with Crippen LogP contribution in [0, 0.1) is 0 Å².